The second-order valence-electron chi connectivity index (χ2n) is 10.7. The molecule has 196 valence electrons. The summed E-state index contributed by atoms with van der Waals surface area (Å²) in [6, 6.07) is 0. The summed E-state index contributed by atoms with van der Waals surface area (Å²) >= 11 is 5.88. The number of ether oxygens (including phenoxy) is 1. The van der Waals surface area contributed by atoms with Crippen molar-refractivity contribution < 1.29 is 41.5 Å². The van der Waals surface area contributed by atoms with Crippen LogP contribution in [0.5, 0.6) is 0 Å². The van der Waals surface area contributed by atoms with Crippen LogP contribution in [0.15, 0.2) is 23.8 Å². The zero-order valence-electron chi connectivity index (χ0n) is 20.0. The van der Waals surface area contributed by atoms with E-state index in [0.717, 1.165) is 6.26 Å². The molecule has 0 aromatic rings. The maximum absolute atomic E-state index is 17.2. The number of hydrogen-bond donors (Lipinski definition) is 2. The number of aliphatic hydroxyl groups excluding tert-OH is 1. The summed E-state index contributed by atoms with van der Waals surface area (Å²) in [5, 5.41) is 23.2. The lowest BCUT2D eigenvalue weighted by molar-refractivity contribution is -0.222. The number of rotatable bonds is 7. The van der Waals surface area contributed by atoms with E-state index in [9.17, 15) is 28.2 Å². The van der Waals surface area contributed by atoms with Crippen LogP contribution < -0.4 is 0 Å². The van der Waals surface area contributed by atoms with Crippen LogP contribution in [0, 0.1) is 22.7 Å². The van der Waals surface area contributed by atoms with Gasteiger partial charge in [0.15, 0.2) is 22.8 Å². The molecule has 35 heavy (non-hydrogen) atoms. The number of Topliss-reactive ketones (excluding diaryl/α,β-unsaturated/α-hetero) is 1. The Bertz CT molecular complexity index is 1090. The molecule has 4 rings (SSSR count). The van der Waals surface area contributed by atoms with Crippen LogP contribution in [-0.2, 0) is 28.6 Å². The summed E-state index contributed by atoms with van der Waals surface area (Å²) in [6.07, 6.45) is 3.25. The average molecular weight is 535 g/mol. The van der Waals surface area contributed by atoms with Crippen LogP contribution in [0.25, 0.3) is 0 Å². The third kappa shape index (κ3) is 3.78. The first kappa shape index (κ1) is 26.9. The molecule has 0 radical (unpaired) electrons. The normalized spacial score (nSPS) is 44.9. The topological polar surface area (TPSA) is 127 Å². The highest BCUT2D eigenvalue weighted by Gasteiger charge is 2.76. The number of alkyl halides is 2. The third-order valence-electron chi connectivity index (χ3n) is 9.08. The molecule has 0 aromatic heterocycles. The van der Waals surface area contributed by atoms with Gasteiger partial charge in [0.05, 0.1) is 37.6 Å². The molecule has 4 aliphatic rings. The van der Waals surface area contributed by atoms with Gasteiger partial charge in [0.1, 0.15) is 0 Å². The summed E-state index contributed by atoms with van der Waals surface area (Å²) < 4.78 is 50.2. The number of halogens is 2. The van der Waals surface area contributed by atoms with E-state index in [1.807, 2.05) is 0 Å². The van der Waals surface area contributed by atoms with E-state index in [1.54, 1.807) is 13.8 Å². The van der Waals surface area contributed by atoms with Crippen molar-refractivity contribution in [3.63, 3.8) is 0 Å². The number of allylic oxidation sites excluding steroid dienone is 4. The first-order valence-corrected chi connectivity index (χ1v) is 14.1. The van der Waals surface area contributed by atoms with Gasteiger partial charge in [-0.3, -0.25) is 13.8 Å². The molecule has 0 bridgehead atoms. The quantitative estimate of drug-likeness (QED) is 0.288. The number of aliphatic hydroxyl groups is 2. The second-order valence-corrected chi connectivity index (χ2v) is 12.6. The van der Waals surface area contributed by atoms with Gasteiger partial charge in [-0.25, -0.2) is 4.39 Å². The molecule has 0 spiro atoms. The van der Waals surface area contributed by atoms with Gasteiger partial charge in [-0.2, -0.15) is 8.42 Å². The maximum Gasteiger partial charge on any atom is 0.264 e. The fraction of sp³-hybridized carbons (Fsp3) is 0.750. The van der Waals surface area contributed by atoms with Gasteiger partial charge >= 0.3 is 0 Å². The molecule has 2 N–H and O–H groups in total. The van der Waals surface area contributed by atoms with Gasteiger partial charge in [0, 0.05) is 16.7 Å². The van der Waals surface area contributed by atoms with Gasteiger partial charge in [-0.15, -0.1) is 11.6 Å². The summed E-state index contributed by atoms with van der Waals surface area (Å²) in [6.45, 7) is 2.81. The van der Waals surface area contributed by atoms with E-state index in [0.29, 0.717) is 18.4 Å². The van der Waals surface area contributed by atoms with E-state index < -0.39 is 67.9 Å². The molecule has 8 atom stereocenters. The van der Waals surface area contributed by atoms with Crippen molar-refractivity contribution in [2.75, 3.05) is 25.3 Å². The SMILES string of the molecule is C[C@]12C=CC(=O)C=C1CC[C@H]1[C@@H]3C[C@@H](OCCOS(C)(=O)=O)[C@](O)(C(=O)CCl)[C@@]3(C)C[C@H](O)[C@@]12F. The lowest BCUT2D eigenvalue weighted by Gasteiger charge is -2.62. The predicted octanol–water partition coefficient (Wildman–Crippen LogP) is 1.87. The van der Waals surface area contributed by atoms with Crippen LogP contribution >= 0.6 is 11.6 Å². The Morgan fingerprint density at radius 1 is 1.29 bits per heavy atom. The fourth-order valence-corrected chi connectivity index (χ4v) is 7.94. The Hall–Kier alpha value is -1.17. The molecule has 8 nitrogen and oxygen atoms in total. The van der Waals surface area contributed by atoms with E-state index in [1.165, 1.54) is 18.2 Å². The second kappa shape index (κ2) is 8.70. The first-order valence-electron chi connectivity index (χ1n) is 11.7. The largest absolute Gasteiger partial charge is 0.390 e. The van der Waals surface area contributed by atoms with Crippen molar-refractivity contribution in [3.8, 4) is 0 Å². The smallest absolute Gasteiger partial charge is 0.264 e. The Morgan fingerprint density at radius 3 is 2.60 bits per heavy atom. The molecule has 3 fully saturated rings. The molecule has 0 unspecified atom stereocenters. The van der Waals surface area contributed by atoms with Gasteiger partial charge in [0.2, 0.25) is 0 Å². The Labute approximate surface area is 209 Å². The van der Waals surface area contributed by atoms with Crippen LogP contribution in [0.4, 0.5) is 4.39 Å². The Kier molecular flexibility index (Phi) is 6.68. The molecule has 0 aromatic carbocycles. The van der Waals surface area contributed by atoms with Gasteiger partial charge < -0.3 is 14.9 Å². The molecule has 0 aliphatic heterocycles. The van der Waals surface area contributed by atoms with E-state index >= 15 is 4.39 Å². The minimum atomic E-state index is -3.70. The van der Waals surface area contributed by atoms with Crippen LogP contribution in [0.1, 0.15) is 39.5 Å². The highest BCUT2D eigenvalue weighted by Crippen LogP contribution is 2.70. The summed E-state index contributed by atoms with van der Waals surface area (Å²) in [5.74, 6) is -2.69. The minimum Gasteiger partial charge on any atom is -0.390 e. The fourth-order valence-electron chi connectivity index (χ4n) is 7.37. The number of fused-ring (bicyclic) bond motifs is 5. The van der Waals surface area contributed by atoms with Crippen molar-refractivity contribution in [1.82, 2.24) is 0 Å². The van der Waals surface area contributed by atoms with Crippen molar-refractivity contribution in [2.45, 2.75) is 63.0 Å². The van der Waals surface area contributed by atoms with Crippen LogP contribution in [0.3, 0.4) is 0 Å². The zero-order valence-corrected chi connectivity index (χ0v) is 21.6. The van der Waals surface area contributed by atoms with Crippen molar-refractivity contribution in [1.29, 1.82) is 0 Å². The van der Waals surface area contributed by atoms with Crippen molar-refractivity contribution >= 4 is 33.3 Å². The van der Waals surface area contributed by atoms with Gasteiger partial charge in [-0.05, 0) is 50.7 Å². The Morgan fingerprint density at radius 2 is 1.97 bits per heavy atom. The van der Waals surface area contributed by atoms with Crippen molar-refractivity contribution in [2.24, 2.45) is 22.7 Å². The molecule has 3 saturated carbocycles. The minimum absolute atomic E-state index is 0.120. The molecular formula is C24H32ClFO8S. The average Bonchev–Trinajstić information content (AvgIpc) is 2.99. The summed E-state index contributed by atoms with van der Waals surface area (Å²) in [4.78, 5) is 25.0. The summed E-state index contributed by atoms with van der Waals surface area (Å²) in [5.41, 5.74) is -6.06. The molecular weight excluding hydrogens is 503 g/mol. The summed E-state index contributed by atoms with van der Waals surface area (Å²) in [7, 11) is -3.70. The number of carbonyl (C=O) groups is 2. The van der Waals surface area contributed by atoms with E-state index in [-0.39, 0.29) is 31.8 Å². The van der Waals surface area contributed by atoms with Gasteiger partial charge in [-0.1, -0.05) is 18.6 Å². The first-order chi connectivity index (χ1) is 16.1. The number of ketones is 2. The zero-order chi connectivity index (χ0) is 26.0. The lowest BCUT2D eigenvalue weighted by Crippen LogP contribution is -2.69. The molecule has 0 heterocycles. The number of carbonyl (C=O) groups excluding carboxylic acids is 2. The van der Waals surface area contributed by atoms with Gasteiger partial charge in [0.25, 0.3) is 10.1 Å². The molecule has 0 amide bonds. The van der Waals surface area contributed by atoms with Crippen LogP contribution in [-0.4, -0.2) is 79.0 Å². The predicted molar refractivity (Wildman–Crippen MR) is 125 cm³/mol. The van der Waals surface area contributed by atoms with E-state index in [2.05, 4.69) is 0 Å². The lowest BCUT2D eigenvalue weighted by atomic mass is 9.44. The third-order valence-corrected chi connectivity index (χ3v) is 9.92. The molecule has 4 aliphatic carbocycles. The Balaban J connectivity index is 1.71. The number of hydrogen-bond acceptors (Lipinski definition) is 8. The van der Waals surface area contributed by atoms with Crippen molar-refractivity contribution in [3.05, 3.63) is 23.8 Å². The molecule has 11 heteroatoms. The highest BCUT2D eigenvalue weighted by molar-refractivity contribution is 7.85. The standard InChI is InChI=1S/C24H32ClFO8S/c1-21-7-6-15(27)10-14(21)4-5-16-17-11-20(33-8-9-34-35(3,31)32)24(30,19(29)13-25)22(17,2)12-18(28)23(16,21)26/h6-7,10,16-18,20,28,30H,4-5,8-9,11-13H2,1-3H3/t16-,17-,18-,20+,21-,22-,23-,24+/m0/s1. The highest BCUT2D eigenvalue weighted by atomic mass is 35.5. The van der Waals surface area contributed by atoms with E-state index in [4.69, 9.17) is 20.5 Å². The molecule has 0 saturated heterocycles. The maximum atomic E-state index is 17.2. The van der Waals surface area contributed by atoms with Crippen LogP contribution in [0.2, 0.25) is 0 Å². The monoisotopic (exact) mass is 534 g/mol.